The van der Waals surface area contributed by atoms with Gasteiger partial charge < -0.3 is 15.2 Å². The molecule has 26 heavy (non-hydrogen) atoms. The van der Waals surface area contributed by atoms with Crippen LogP contribution in [0.3, 0.4) is 0 Å². The van der Waals surface area contributed by atoms with E-state index < -0.39 is 11.0 Å². The Hall–Kier alpha value is -0.990. The molecule has 2 bridgehead atoms. The van der Waals surface area contributed by atoms with E-state index in [0.29, 0.717) is 11.8 Å². The van der Waals surface area contributed by atoms with E-state index in [2.05, 4.69) is 15.3 Å². The van der Waals surface area contributed by atoms with Crippen molar-refractivity contribution in [3.63, 3.8) is 0 Å². The van der Waals surface area contributed by atoms with Crippen molar-refractivity contribution in [2.24, 2.45) is 0 Å². The van der Waals surface area contributed by atoms with Crippen molar-refractivity contribution in [2.75, 3.05) is 18.2 Å². The Labute approximate surface area is 165 Å². The zero-order valence-electron chi connectivity index (χ0n) is 15.3. The average molecular weight is 398 g/mol. The van der Waals surface area contributed by atoms with Crippen LogP contribution in [0.2, 0.25) is 0 Å². The highest BCUT2D eigenvalue weighted by Gasteiger charge is 2.57. The van der Waals surface area contributed by atoms with E-state index in [1.165, 1.54) is 11.8 Å². The van der Waals surface area contributed by atoms with Gasteiger partial charge in [0, 0.05) is 17.3 Å². The first-order valence-corrected chi connectivity index (χ1v) is 10.3. The summed E-state index contributed by atoms with van der Waals surface area (Å²) in [5.41, 5.74) is -0.390. The quantitative estimate of drug-likeness (QED) is 0.434. The van der Waals surface area contributed by atoms with E-state index in [0.717, 1.165) is 56.3 Å². The molecule has 3 aliphatic carbocycles. The molecule has 1 heterocycles. The zero-order chi connectivity index (χ0) is 17.7. The predicted octanol–water partition coefficient (Wildman–Crippen LogP) is 2.77. The lowest BCUT2D eigenvalue weighted by molar-refractivity contribution is -0.146. The Morgan fingerprint density at radius 2 is 2.00 bits per heavy atom. The van der Waals surface area contributed by atoms with Gasteiger partial charge in [-0.05, 0) is 58.1 Å². The molecule has 8 heteroatoms. The molecule has 1 aromatic heterocycles. The molecule has 6 nitrogen and oxygen atoms in total. The fourth-order valence-corrected chi connectivity index (χ4v) is 4.83. The maximum Gasteiger partial charge on any atom is 0.316 e. The summed E-state index contributed by atoms with van der Waals surface area (Å²) in [5.74, 6) is 0.571. The number of nitrogens with zero attached hydrogens (tertiary/aromatic N) is 2. The van der Waals surface area contributed by atoms with Crippen molar-refractivity contribution in [2.45, 2.75) is 73.6 Å². The fraction of sp³-hybridized carbons (Fsp3) is 0.722. The summed E-state index contributed by atoms with van der Waals surface area (Å²) >= 11 is 1.49. The van der Waals surface area contributed by atoms with Crippen LogP contribution in [0, 0.1) is 0 Å². The van der Waals surface area contributed by atoms with Crippen molar-refractivity contribution < 1.29 is 14.6 Å². The smallest absolute Gasteiger partial charge is 0.316 e. The number of carbonyl (C=O) groups excluding carboxylic acids is 1. The normalized spacial score (nSPS) is 30.6. The van der Waals surface area contributed by atoms with Crippen LogP contribution < -0.4 is 5.32 Å². The third-order valence-corrected chi connectivity index (χ3v) is 6.63. The lowest BCUT2D eigenvalue weighted by Gasteiger charge is -2.30. The molecule has 3 aliphatic rings. The maximum atomic E-state index is 12.5. The number of nitrogens with one attached hydrogen (secondary N) is 1. The number of carbonyl (C=O) groups is 1. The number of hydrogen-bond acceptors (Lipinski definition) is 7. The Bertz CT molecular complexity index is 701. The molecule has 0 saturated heterocycles. The minimum atomic E-state index is -0.598. The molecule has 3 fully saturated rings. The van der Waals surface area contributed by atoms with Crippen LogP contribution in [0.15, 0.2) is 11.4 Å². The lowest BCUT2D eigenvalue weighted by atomic mass is 9.91. The van der Waals surface area contributed by atoms with Gasteiger partial charge in [0.15, 0.2) is 5.16 Å². The van der Waals surface area contributed by atoms with E-state index in [-0.39, 0.29) is 25.0 Å². The van der Waals surface area contributed by atoms with Crippen LogP contribution in [0.25, 0.3) is 0 Å². The number of ether oxygens (including phenoxy) is 1. The first kappa shape index (κ1) is 19.8. The topological polar surface area (TPSA) is 84.3 Å². The second-order valence-corrected chi connectivity index (χ2v) is 8.50. The molecule has 2 N–H and O–H groups in total. The van der Waals surface area contributed by atoms with Gasteiger partial charge >= 0.3 is 5.97 Å². The number of esters is 1. The molecule has 0 amide bonds. The summed E-state index contributed by atoms with van der Waals surface area (Å²) in [5, 5.41) is 14.8. The van der Waals surface area contributed by atoms with Gasteiger partial charge in [-0.3, -0.25) is 4.79 Å². The van der Waals surface area contributed by atoms with Gasteiger partial charge in [-0.2, -0.15) is 13.5 Å². The van der Waals surface area contributed by atoms with Crippen molar-refractivity contribution in [1.82, 2.24) is 9.97 Å². The van der Waals surface area contributed by atoms with Gasteiger partial charge in [0.2, 0.25) is 0 Å². The van der Waals surface area contributed by atoms with Crippen LogP contribution in [0.5, 0.6) is 0 Å². The van der Waals surface area contributed by atoms with E-state index in [1.54, 1.807) is 6.20 Å². The molecule has 144 valence electrons. The lowest BCUT2D eigenvalue weighted by Crippen LogP contribution is -2.35. The number of aromatic nitrogens is 2. The van der Waals surface area contributed by atoms with Crippen LogP contribution in [-0.2, 0) is 14.9 Å². The molecule has 3 saturated carbocycles. The monoisotopic (exact) mass is 397 g/mol. The molecule has 0 atom stereocenters. The third kappa shape index (κ3) is 3.20. The van der Waals surface area contributed by atoms with Gasteiger partial charge in [-0.1, -0.05) is 11.8 Å². The summed E-state index contributed by atoms with van der Waals surface area (Å²) in [4.78, 5) is 21.6. The van der Waals surface area contributed by atoms with Gasteiger partial charge in [-0.25, -0.2) is 9.97 Å². The zero-order valence-corrected chi connectivity index (χ0v) is 17.1. The fourth-order valence-electron chi connectivity index (χ4n) is 4.48. The van der Waals surface area contributed by atoms with Crippen molar-refractivity contribution in [3.05, 3.63) is 11.8 Å². The van der Waals surface area contributed by atoms with Crippen LogP contribution in [0.4, 0.5) is 5.82 Å². The number of rotatable bonds is 6. The Morgan fingerprint density at radius 3 is 2.50 bits per heavy atom. The first-order valence-electron chi connectivity index (χ1n) is 9.04. The molecular weight excluding hydrogens is 370 g/mol. The molecule has 0 unspecified atom stereocenters. The van der Waals surface area contributed by atoms with E-state index in [4.69, 9.17) is 4.74 Å². The number of thioether (sulfide) groups is 1. The number of hydrogen-bond donors (Lipinski definition) is 2. The molecule has 1 aromatic rings. The van der Waals surface area contributed by atoms with Gasteiger partial charge in [0.25, 0.3) is 0 Å². The Balaban J connectivity index is 0.00000196. The molecule has 0 radical (unpaired) electrons. The van der Waals surface area contributed by atoms with E-state index in [1.807, 2.05) is 13.2 Å². The molecular formula is C18H27N3O3S2. The SMILES string of the molecule is CCOC(=O)C1(c2cnc(SC)nc2NC23CCC(O)(CC2)C3)CC1.S. The molecule has 0 aliphatic heterocycles. The van der Waals surface area contributed by atoms with Crippen molar-refractivity contribution in [1.29, 1.82) is 0 Å². The third-order valence-electron chi connectivity index (χ3n) is 6.07. The van der Waals surface area contributed by atoms with Gasteiger partial charge in [0.05, 0.1) is 17.6 Å². The predicted molar refractivity (Wildman–Crippen MR) is 106 cm³/mol. The summed E-state index contributed by atoms with van der Waals surface area (Å²) in [6.07, 6.45) is 9.58. The second kappa shape index (κ2) is 6.87. The van der Waals surface area contributed by atoms with Crippen LogP contribution in [0.1, 0.15) is 57.4 Å². The number of anilines is 1. The second-order valence-electron chi connectivity index (χ2n) is 7.73. The summed E-state index contributed by atoms with van der Waals surface area (Å²) in [6.45, 7) is 2.21. The first-order chi connectivity index (χ1) is 11.9. The Morgan fingerprint density at radius 1 is 1.31 bits per heavy atom. The van der Waals surface area contributed by atoms with Gasteiger partial charge in [-0.15, -0.1) is 0 Å². The maximum absolute atomic E-state index is 12.5. The standard InChI is InChI=1S/C18H25N3O3S.H2S/c1-3-24-14(22)18(8-9-18)12-10-19-15(25-2)20-13(12)21-16-4-6-17(23,11-16)7-5-16;/h10,23H,3-9,11H2,1-2H3,(H,19,20,21);1H2. The number of aliphatic hydroxyl groups is 1. The highest BCUT2D eigenvalue weighted by atomic mass is 32.2. The Kier molecular flexibility index (Phi) is 5.22. The van der Waals surface area contributed by atoms with Gasteiger partial charge in [0.1, 0.15) is 5.82 Å². The molecule has 4 rings (SSSR count). The largest absolute Gasteiger partial charge is 0.465 e. The molecule has 0 spiro atoms. The minimum Gasteiger partial charge on any atom is -0.465 e. The van der Waals surface area contributed by atoms with Crippen LogP contribution in [-0.4, -0.2) is 45.0 Å². The average Bonchev–Trinajstić information content (AvgIpc) is 3.26. The van der Waals surface area contributed by atoms with Crippen molar-refractivity contribution in [3.8, 4) is 0 Å². The van der Waals surface area contributed by atoms with E-state index >= 15 is 0 Å². The molecule has 0 aromatic carbocycles. The minimum absolute atomic E-state index is 0. The summed E-state index contributed by atoms with van der Waals surface area (Å²) in [6, 6.07) is 0. The summed E-state index contributed by atoms with van der Waals surface area (Å²) < 4.78 is 5.31. The highest BCUT2D eigenvalue weighted by molar-refractivity contribution is 7.98. The van der Waals surface area contributed by atoms with Crippen LogP contribution >= 0.6 is 25.3 Å². The van der Waals surface area contributed by atoms with E-state index in [9.17, 15) is 9.90 Å². The summed E-state index contributed by atoms with van der Waals surface area (Å²) in [7, 11) is 0. The van der Waals surface area contributed by atoms with Crippen molar-refractivity contribution >= 4 is 37.0 Å². The number of fused-ring (bicyclic) bond motifs is 2. The highest BCUT2D eigenvalue weighted by Crippen LogP contribution is 2.55.